The highest BCUT2D eigenvalue weighted by molar-refractivity contribution is 7.90. The van der Waals surface area contributed by atoms with Crippen LogP contribution in [0.5, 0.6) is 0 Å². The van der Waals surface area contributed by atoms with Crippen LogP contribution in [0.2, 0.25) is 0 Å². The van der Waals surface area contributed by atoms with Crippen LogP contribution in [0.4, 0.5) is 0 Å². The van der Waals surface area contributed by atoms with E-state index in [1.165, 1.54) is 12.5 Å². The van der Waals surface area contributed by atoms with Crippen LogP contribution < -0.4 is 0 Å². The van der Waals surface area contributed by atoms with Crippen LogP contribution in [-0.4, -0.2) is 48.8 Å². The van der Waals surface area contributed by atoms with E-state index in [0.29, 0.717) is 24.3 Å². The Kier molecular flexibility index (Phi) is 4.21. The summed E-state index contributed by atoms with van der Waals surface area (Å²) in [5.74, 6) is -0.0260. The molecular weight excluding hydrogens is 326 g/mol. The minimum absolute atomic E-state index is 0.0260. The molecule has 0 bridgehead atoms. The van der Waals surface area contributed by atoms with Crippen LogP contribution in [0.25, 0.3) is 0 Å². The first kappa shape index (κ1) is 16.7. The molecule has 1 fully saturated rings. The number of hydrogen-bond donors (Lipinski definition) is 1. The lowest BCUT2D eigenvalue weighted by molar-refractivity contribution is 0.0645. The second-order valence-corrected chi connectivity index (χ2v) is 8.62. The Balaban J connectivity index is 1.90. The van der Waals surface area contributed by atoms with E-state index in [4.69, 9.17) is 0 Å². The van der Waals surface area contributed by atoms with Crippen molar-refractivity contribution in [3.8, 4) is 0 Å². The lowest BCUT2D eigenvalue weighted by atomic mass is 9.79. The minimum atomic E-state index is -3.36. The number of carbonyl (C=O) groups excluding carboxylic acids is 1. The SMILES string of the molecule is C[C@]1(c2[nH]ncc2S(C)(=O)=O)CCCN(C(=O)c2ccccc2)C1. The van der Waals surface area contributed by atoms with E-state index in [1.807, 2.05) is 25.1 Å². The summed E-state index contributed by atoms with van der Waals surface area (Å²) >= 11 is 0. The Hall–Kier alpha value is -2.15. The second-order valence-electron chi connectivity index (χ2n) is 6.64. The van der Waals surface area contributed by atoms with Gasteiger partial charge in [0, 0.05) is 30.3 Å². The lowest BCUT2D eigenvalue weighted by Gasteiger charge is -2.40. The molecule has 6 nitrogen and oxygen atoms in total. The fourth-order valence-electron chi connectivity index (χ4n) is 3.37. The summed E-state index contributed by atoms with van der Waals surface area (Å²) in [5.41, 5.74) is 0.780. The summed E-state index contributed by atoms with van der Waals surface area (Å²) in [6, 6.07) is 9.15. The molecule has 1 aliphatic rings. The summed E-state index contributed by atoms with van der Waals surface area (Å²) in [5, 5.41) is 6.78. The summed E-state index contributed by atoms with van der Waals surface area (Å²) < 4.78 is 24.0. The summed E-state index contributed by atoms with van der Waals surface area (Å²) in [6.07, 6.45) is 4.15. The third kappa shape index (κ3) is 3.08. The van der Waals surface area contributed by atoms with Crippen LogP contribution in [0.1, 0.15) is 35.8 Å². The molecule has 2 heterocycles. The molecule has 1 N–H and O–H groups in total. The summed E-state index contributed by atoms with van der Waals surface area (Å²) in [4.78, 5) is 14.7. The zero-order chi connectivity index (χ0) is 17.4. The van der Waals surface area contributed by atoms with Gasteiger partial charge in [-0.15, -0.1) is 0 Å². The molecule has 1 amide bonds. The van der Waals surface area contributed by atoms with Crippen molar-refractivity contribution in [2.75, 3.05) is 19.3 Å². The number of H-pyrrole nitrogens is 1. The molecule has 1 aliphatic heterocycles. The van der Waals surface area contributed by atoms with E-state index < -0.39 is 15.3 Å². The molecule has 3 rings (SSSR count). The molecule has 0 aliphatic carbocycles. The molecule has 0 saturated carbocycles. The van der Waals surface area contributed by atoms with Crippen LogP contribution in [-0.2, 0) is 15.3 Å². The number of nitrogens with zero attached hydrogens (tertiary/aromatic N) is 2. The maximum absolute atomic E-state index is 12.7. The molecule has 24 heavy (non-hydrogen) atoms. The molecule has 2 aromatic rings. The van der Waals surface area contributed by atoms with Gasteiger partial charge in [0.1, 0.15) is 4.90 Å². The van der Waals surface area contributed by atoms with E-state index in [2.05, 4.69) is 10.2 Å². The number of carbonyl (C=O) groups is 1. The maximum atomic E-state index is 12.7. The first-order chi connectivity index (χ1) is 11.3. The predicted molar refractivity (Wildman–Crippen MR) is 90.6 cm³/mol. The molecule has 7 heteroatoms. The van der Waals surface area contributed by atoms with E-state index in [0.717, 1.165) is 12.8 Å². The third-order valence-corrected chi connectivity index (χ3v) is 5.72. The Morgan fingerprint density at radius 1 is 1.29 bits per heavy atom. The van der Waals surface area contributed by atoms with Crippen molar-refractivity contribution in [3.63, 3.8) is 0 Å². The van der Waals surface area contributed by atoms with E-state index in [-0.39, 0.29) is 10.8 Å². The molecular formula is C17H21N3O3S. The molecule has 128 valence electrons. The van der Waals surface area contributed by atoms with Gasteiger partial charge in [0.2, 0.25) is 0 Å². The number of sulfone groups is 1. The fourth-order valence-corrected chi connectivity index (χ4v) is 4.28. The van der Waals surface area contributed by atoms with E-state index >= 15 is 0 Å². The van der Waals surface area contributed by atoms with Gasteiger partial charge in [-0.25, -0.2) is 8.42 Å². The number of nitrogens with one attached hydrogen (secondary N) is 1. The van der Waals surface area contributed by atoms with Gasteiger partial charge in [-0.1, -0.05) is 25.1 Å². The van der Waals surface area contributed by atoms with E-state index in [9.17, 15) is 13.2 Å². The molecule has 1 aromatic carbocycles. The smallest absolute Gasteiger partial charge is 0.253 e. The predicted octanol–water partition coefficient (Wildman–Crippen LogP) is 2.01. The number of aromatic amines is 1. The summed E-state index contributed by atoms with van der Waals surface area (Å²) in [6.45, 7) is 3.12. The van der Waals surface area contributed by atoms with Crippen molar-refractivity contribution in [1.82, 2.24) is 15.1 Å². The van der Waals surface area contributed by atoms with Crippen molar-refractivity contribution in [2.45, 2.75) is 30.1 Å². The quantitative estimate of drug-likeness (QED) is 0.920. The van der Waals surface area contributed by atoms with Gasteiger partial charge in [0.15, 0.2) is 9.84 Å². The molecule has 0 spiro atoms. The maximum Gasteiger partial charge on any atom is 0.253 e. The highest BCUT2D eigenvalue weighted by Gasteiger charge is 2.39. The second kappa shape index (κ2) is 6.05. The normalized spacial score (nSPS) is 21.7. The first-order valence-corrected chi connectivity index (χ1v) is 9.79. The standard InChI is InChI=1S/C17H21N3O3S/c1-17(15-14(11-18-19-15)24(2,22)23)9-6-10-20(12-17)16(21)13-7-4-3-5-8-13/h3-5,7-8,11H,6,9-10,12H2,1-2H3,(H,18,19)/t17-/m0/s1. The van der Waals surface area contributed by atoms with Gasteiger partial charge in [0.25, 0.3) is 5.91 Å². The number of piperidine rings is 1. The van der Waals surface area contributed by atoms with Crippen LogP contribution in [0.3, 0.4) is 0 Å². The number of likely N-dealkylation sites (tertiary alicyclic amines) is 1. The van der Waals surface area contributed by atoms with Gasteiger partial charge in [-0.3, -0.25) is 9.89 Å². The number of benzene rings is 1. The number of rotatable bonds is 3. The molecule has 1 saturated heterocycles. The fraction of sp³-hybridized carbons (Fsp3) is 0.412. The average Bonchev–Trinajstić information content (AvgIpc) is 3.06. The summed E-state index contributed by atoms with van der Waals surface area (Å²) in [7, 11) is -3.36. The molecule has 1 atom stereocenters. The van der Waals surface area contributed by atoms with Gasteiger partial charge >= 0.3 is 0 Å². The zero-order valence-electron chi connectivity index (χ0n) is 13.8. The Labute approximate surface area is 141 Å². The number of aromatic nitrogens is 2. The van der Waals surface area contributed by atoms with Crippen molar-refractivity contribution in [2.24, 2.45) is 0 Å². The van der Waals surface area contributed by atoms with E-state index in [1.54, 1.807) is 17.0 Å². The first-order valence-electron chi connectivity index (χ1n) is 7.89. The van der Waals surface area contributed by atoms with Crippen LogP contribution in [0.15, 0.2) is 41.4 Å². The van der Waals surface area contributed by atoms with Gasteiger partial charge < -0.3 is 4.90 Å². The topological polar surface area (TPSA) is 83.1 Å². The minimum Gasteiger partial charge on any atom is -0.338 e. The van der Waals surface area contributed by atoms with Gasteiger partial charge in [0.05, 0.1) is 11.9 Å². The monoisotopic (exact) mass is 347 g/mol. The average molecular weight is 347 g/mol. The van der Waals surface area contributed by atoms with Crippen LogP contribution >= 0.6 is 0 Å². The third-order valence-electron chi connectivity index (χ3n) is 4.61. The van der Waals surface area contributed by atoms with Crippen molar-refractivity contribution >= 4 is 15.7 Å². The Morgan fingerprint density at radius 2 is 2.00 bits per heavy atom. The van der Waals surface area contributed by atoms with Crippen LogP contribution in [0, 0.1) is 0 Å². The van der Waals surface area contributed by atoms with Crippen molar-refractivity contribution in [1.29, 1.82) is 0 Å². The zero-order valence-corrected chi connectivity index (χ0v) is 14.6. The number of hydrogen-bond acceptors (Lipinski definition) is 4. The molecule has 0 radical (unpaired) electrons. The molecule has 1 aromatic heterocycles. The molecule has 0 unspecified atom stereocenters. The highest BCUT2D eigenvalue weighted by atomic mass is 32.2. The number of amides is 1. The largest absolute Gasteiger partial charge is 0.338 e. The Bertz CT molecular complexity index is 845. The van der Waals surface area contributed by atoms with Gasteiger partial charge in [-0.2, -0.15) is 5.10 Å². The Morgan fingerprint density at radius 3 is 2.67 bits per heavy atom. The van der Waals surface area contributed by atoms with Gasteiger partial charge in [-0.05, 0) is 25.0 Å². The van der Waals surface area contributed by atoms with Crippen molar-refractivity contribution < 1.29 is 13.2 Å². The highest BCUT2D eigenvalue weighted by Crippen LogP contribution is 2.36. The van der Waals surface area contributed by atoms with Crippen molar-refractivity contribution in [3.05, 3.63) is 47.8 Å². The lowest BCUT2D eigenvalue weighted by Crippen LogP contribution is -2.47.